The molecule has 128 valence electrons. The summed E-state index contributed by atoms with van der Waals surface area (Å²) in [6.07, 6.45) is 0. The van der Waals surface area contributed by atoms with Crippen LogP contribution >= 0.6 is 27.7 Å². The Hall–Kier alpha value is -0.540. The second-order valence-corrected chi connectivity index (χ2v) is 5.39. The Morgan fingerprint density at radius 3 is 2.08 bits per heavy atom. The van der Waals surface area contributed by atoms with E-state index in [0.717, 1.165) is 11.8 Å². The maximum absolute atomic E-state index is 11.1. The minimum Gasteiger partial charge on any atom is -0.545 e. The Labute approximate surface area is 176 Å². The number of benzene rings is 1. The van der Waals surface area contributed by atoms with E-state index < -0.39 is 5.97 Å². The number of alkyl halides is 1. The molecule has 0 aromatic heterocycles. The maximum atomic E-state index is 11.1. The van der Waals surface area contributed by atoms with Gasteiger partial charge in [-0.25, -0.2) is 0 Å². The first-order valence-electron chi connectivity index (χ1n) is 6.76. The van der Waals surface area contributed by atoms with Crippen LogP contribution in [-0.4, -0.2) is 42.2 Å². The van der Waals surface area contributed by atoms with Crippen molar-refractivity contribution in [3.63, 3.8) is 0 Å². The second kappa shape index (κ2) is 16.0. The summed E-state index contributed by atoms with van der Waals surface area (Å²) in [5, 5.41) is 11.0. The molecule has 0 N–H and O–H groups in total. The standard InChI is InChI=1S/C11H12O4S.C4H7BrO2.Na/c1-2-15-10(12)7-16-9-6-4-3-5-8(9)11(13)14;1-2-7-4(6)3-5;/h3-6H,2,7H2,1H3,(H,13,14);2-3H2,1H3;/q;;+1/p-1. The number of esters is 2. The molecule has 0 aliphatic carbocycles. The zero-order valence-electron chi connectivity index (χ0n) is 13.9. The third kappa shape index (κ3) is 11.9. The van der Waals surface area contributed by atoms with Crippen LogP contribution in [0.4, 0.5) is 0 Å². The van der Waals surface area contributed by atoms with E-state index in [9.17, 15) is 19.5 Å². The van der Waals surface area contributed by atoms with E-state index in [4.69, 9.17) is 4.74 Å². The van der Waals surface area contributed by atoms with Crippen LogP contribution < -0.4 is 34.7 Å². The number of carboxylic acid groups (broad SMARTS) is 1. The van der Waals surface area contributed by atoms with Crippen LogP contribution in [0, 0.1) is 0 Å². The Balaban J connectivity index is 0. The zero-order chi connectivity index (χ0) is 17.7. The van der Waals surface area contributed by atoms with Gasteiger partial charge in [-0.1, -0.05) is 34.1 Å². The van der Waals surface area contributed by atoms with Crippen LogP contribution in [0.25, 0.3) is 0 Å². The summed E-state index contributed by atoms with van der Waals surface area (Å²) in [6.45, 7) is 4.28. The minimum absolute atomic E-state index is 0. The fraction of sp³-hybridized carbons (Fsp3) is 0.400. The van der Waals surface area contributed by atoms with Gasteiger partial charge in [-0.2, -0.15) is 0 Å². The van der Waals surface area contributed by atoms with Crippen molar-refractivity contribution in [2.45, 2.75) is 18.7 Å². The molecule has 0 aliphatic rings. The number of ether oxygens (including phenoxy) is 2. The van der Waals surface area contributed by atoms with Crippen molar-refractivity contribution >= 4 is 45.6 Å². The molecule has 0 heterocycles. The van der Waals surface area contributed by atoms with Crippen molar-refractivity contribution in [1.82, 2.24) is 0 Å². The third-order valence-electron chi connectivity index (χ3n) is 2.17. The molecule has 0 spiro atoms. The molecule has 0 unspecified atom stereocenters. The SMILES string of the molecule is CCOC(=O)CBr.CCOC(=O)CSc1ccccc1C(=O)[O-].[Na+]. The van der Waals surface area contributed by atoms with Crippen molar-refractivity contribution in [3.8, 4) is 0 Å². The first kappa shape index (κ1) is 25.7. The van der Waals surface area contributed by atoms with E-state index in [1.54, 1.807) is 32.0 Å². The van der Waals surface area contributed by atoms with E-state index in [0.29, 0.717) is 23.4 Å². The number of thioether (sulfide) groups is 1. The van der Waals surface area contributed by atoms with E-state index in [2.05, 4.69) is 20.7 Å². The summed E-state index contributed by atoms with van der Waals surface area (Å²) >= 11 is 4.07. The van der Waals surface area contributed by atoms with Crippen LogP contribution in [0.3, 0.4) is 0 Å². The van der Waals surface area contributed by atoms with Crippen LogP contribution in [0.15, 0.2) is 29.2 Å². The summed E-state index contributed by atoms with van der Waals surface area (Å²) in [7, 11) is 0. The number of carboxylic acids is 1. The summed E-state index contributed by atoms with van der Waals surface area (Å²) in [6, 6.07) is 6.40. The molecule has 0 aliphatic heterocycles. The third-order valence-corrected chi connectivity index (χ3v) is 3.68. The normalized spacial score (nSPS) is 8.96. The molecular weight excluding hydrogens is 411 g/mol. The topological polar surface area (TPSA) is 92.7 Å². The molecule has 0 saturated heterocycles. The molecule has 0 saturated carbocycles. The van der Waals surface area contributed by atoms with E-state index in [1.165, 1.54) is 6.07 Å². The Morgan fingerprint density at radius 2 is 1.62 bits per heavy atom. The zero-order valence-corrected chi connectivity index (χ0v) is 18.3. The van der Waals surface area contributed by atoms with Gasteiger partial charge in [-0.3, -0.25) is 9.59 Å². The quantitative estimate of drug-likeness (QED) is 0.229. The van der Waals surface area contributed by atoms with Crippen molar-refractivity contribution in [1.29, 1.82) is 0 Å². The number of hydrogen-bond donors (Lipinski definition) is 0. The monoisotopic (exact) mass is 428 g/mol. The van der Waals surface area contributed by atoms with E-state index >= 15 is 0 Å². The second-order valence-electron chi connectivity index (χ2n) is 3.82. The Morgan fingerprint density at radius 1 is 1.08 bits per heavy atom. The fourth-order valence-corrected chi connectivity index (χ4v) is 2.30. The summed E-state index contributed by atoms with van der Waals surface area (Å²) < 4.78 is 9.25. The van der Waals surface area contributed by atoms with Gasteiger partial charge in [-0.15, -0.1) is 11.8 Å². The molecule has 6 nitrogen and oxygen atoms in total. The molecule has 1 aromatic rings. The van der Waals surface area contributed by atoms with Crippen LogP contribution in [-0.2, 0) is 19.1 Å². The molecule has 1 rings (SSSR count). The summed E-state index contributed by atoms with van der Waals surface area (Å²) in [5.74, 6) is -1.71. The molecule has 9 heteroatoms. The molecular formula is C15H18BrNaO6S. The average Bonchev–Trinajstić information content (AvgIpc) is 2.54. The van der Waals surface area contributed by atoms with Crippen molar-refractivity contribution in [2.75, 3.05) is 24.3 Å². The number of halogens is 1. The van der Waals surface area contributed by atoms with E-state index in [1.807, 2.05) is 0 Å². The Kier molecular flexibility index (Phi) is 17.1. The largest absolute Gasteiger partial charge is 1.00 e. The average molecular weight is 429 g/mol. The van der Waals surface area contributed by atoms with Gasteiger partial charge in [0.05, 0.1) is 24.9 Å². The van der Waals surface area contributed by atoms with Crippen molar-refractivity contribution < 1.29 is 58.5 Å². The summed E-state index contributed by atoms with van der Waals surface area (Å²) in [5.41, 5.74) is 0.0943. The predicted octanol–water partition coefficient (Wildman–Crippen LogP) is -1.35. The summed E-state index contributed by atoms with van der Waals surface area (Å²) in [4.78, 5) is 32.5. The van der Waals surface area contributed by atoms with Gasteiger partial charge in [0.2, 0.25) is 0 Å². The Bertz CT molecular complexity index is 526. The molecule has 0 fully saturated rings. The van der Waals surface area contributed by atoms with Crippen molar-refractivity contribution in [3.05, 3.63) is 29.8 Å². The minimum atomic E-state index is -1.24. The molecule has 1 aromatic carbocycles. The number of rotatable bonds is 7. The molecule has 0 amide bonds. The van der Waals surface area contributed by atoms with Gasteiger partial charge >= 0.3 is 41.5 Å². The smallest absolute Gasteiger partial charge is 0.545 e. The van der Waals surface area contributed by atoms with Gasteiger partial charge in [0, 0.05) is 10.5 Å². The van der Waals surface area contributed by atoms with Crippen LogP contribution in [0.1, 0.15) is 24.2 Å². The molecule has 0 atom stereocenters. The molecule has 24 heavy (non-hydrogen) atoms. The van der Waals surface area contributed by atoms with Gasteiger partial charge in [0.1, 0.15) is 5.33 Å². The molecule has 0 bridgehead atoms. The van der Waals surface area contributed by atoms with Crippen molar-refractivity contribution in [2.24, 2.45) is 0 Å². The number of hydrogen-bond acceptors (Lipinski definition) is 7. The number of carbonyl (C=O) groups is 3. The number of aromatic carboxylic acids is 1. The van der Waals surface area contributed by atoms with Crippen LogP contribution in [0.2, 0.25) is 0 Å². The first-order valence-corrected chi connectivity index (χ1v) is 8.87. The van der Waals surface area contributed by atoms with Gasteiger partial charge in [0.15, 0.2) is 0 Å². The molecule has 0 radical (unpaired) electrons. The van der Waals surface area contributed by atoms with E-state index in [-0.39, 0.29) is 52.8 Å². The number of carbonyl (C=O) groups excluding carboxylic acids is 3. The first-order chi connectivity index (χ1) is 11.0. The van der Waals surface area contributed by atoms with Gasteiger partial charge in [-0.05, 0) is 19.9 Å². The van der Waals surface area contributed by atoms with Gasteiger partial charge in [0.25, 0.3) is 0 Å². The van der Waals surface area contributed by atoms with Gasteiger partial charge < -0.3 is 19.4 Å². The van der Waals surface area contributed by atoms with Crippen LogP contribution in [0.5, 0.6) is 0 Å². The fourth-order valence-electron chi connectivity index (χ4n) is 1.30. The predicted molar refractivity (Wildman–Crippen MR) is 88.6 cm³/mol. The maximum Gasteiger partial charge on any atom is 1.00 e.